The van der Waals surface area contributed by atoms with E-state index in [4.69, 9.17) is 0 Å². The first-order valence-corrected chi connectivity index (χ1v) is 9.56. The molecule has 1 unspecified atom stereocenters. The molecule has 1 aliphatic rings. The van der Waals surface area contributed by atoms with Crippen LogP contribution in [0.5, 0.6) is 0 Å². The fraction of sp³-hybridized carbons (Fsp3) is 0.300. The van der Waals surface area contributed by atoms with Crippen molar-refractivity contribution >= 4 is 27.3 Å². The number of nitrogens with one attached hydrogen (secondary N) is 1. The lowest BCUT2D eigenvalue weighted by Crippen LogP contribution is -2.13. The molecule has 6 heteroatoms. The van der Waals surface area contributed by atoms with Crippen LogP contribution >= 0.6 is 15.9 Å². The van der Waals surface area contributed by atoms with Crippen molar-refractivity contribution < 1.29 is 0 Å². The van der Waals surface area contributed by atoms with Crippen molar-refractivity contribution in [3.63, 3.8) is 0 Å². The van der Waals surface area contributed by atoms with Crippen LogP contribution in [0, 0.1) is 6.92 Å². The molecular formula is C20H22BrN5. The second-order valence-corrected chi connectivity index (χ2v) is 7.82. The highest BCUT2D eigenvalue weighted by molar-refractivity contribution is 9.10. The van der Waals surface area contributed by atoms with E-state index in [1.165, 1.54) is 16.8 Å². The summed E-state index contributed by atoms with van der Waals surface area (Å²) in [6, 6.07) is 15.2. The summed E-state index contributed by atoms with van der Waals surface area (Å²) in [5, 5.41) is 12.3. The minimum absolute atomic E-state index is 0.216. The molecule has 1 atom stereocenters. The third-order valence-electron chi connectivity index (χ3n) is 4.90. The van der Waals surface area contributed by atoms with Gasteiger partial charge in [0.05, 0.1) is 17.4 Å². The Balaban J connectivity index is 1.71. The van der Waals surface area contributed by atoms with Crippen LogP contribution in [0.25, 0.3) is 11.3 Å². The van der Waals surface area contributed by atoms with Gasteiger partial charge in [-0.25, -0.2) is 4.68 Å². The highest BCUT2D eigenvalue weighted by atomic mass is 79.9. The van der Waals surface area contributed by atoms with Crippen molar-refractivity contribution in [2.45, 2.75) is 25.9 Å². The van der Waals surface area contributed by atoms with E-state index in [-0.39, 0.29) is 6.04 Å². The summed E-state index contributed by atoms with van der Waals surface area (Å²) in [5.41, 5.74) is 6.91. The number of aromatic nitrogens is 3. The molecule has 2 aromatic carbocycles. The minimum atomic E-state index is 0.216. The van der Waals surface area contributed by atoms with E-state index < -0.39 is 0 Å². The van der Waals surface area contributed by atoms with Gasteiger partial charge in [0.15, 0.2) is 0 Å². The van der Waals surface area contributed by atoms with Crippen LogP contribution in [0.4, 0.5) is 11.4 Å². The molecule has 26 heavy (non-hydrogen) atoms. The molecule has 0 bridgehead atoms. The lowest BCUT2D eigenvalue weighted by atomic mass is 9.96. The van der Waals surface area contributed by atoms with Crippen LogP contribution in [0.2, 0.25) is 0 Å². The molecular weight excluding hydrogens is 390 g/mol. The van der Waals surface area contributed by atoms with Crippen molar-refractivity contribution in [2.24, 2.45) is 0 Å². The number of anilines is 2. The predicted molar refractivity (Wildman–Crippen MR) is 110 cm³/mol. The summed E-state index contributed by atoms with van der Waals surface area (Å²) < 4.78 is 3.11. The van der Waals surface area contributed by atoms with Crippen molar-refractivity contribution in [1.82, 2.24) is 15.0 Å². The fourth-order valence-electron chi connectivity index (χ4n) is 3.54. The number of halogens is 1. The highest BCUT2D eigenvalue weighted by Crippen LogP contribution is 2.38. The lowest BCUT2D eigenvalue weighted by Gasteiger charge is -2.21. The van der Waals surface area contributed by atoms with Gasteiger partial charge >= 0.3 is 0 Å². The fourth-order valence-corrected chi connectivity index (χ4v) is 3.92. The average Bonchev–Trinajstić information content (AvgIpc) is 2.92. The smallest absolute Gasteiger partial charge is 0.0918 e. The SMILES string of the molecule is Cc1nnn2c1-c1ccc(Br)cc1C(Nc1ccc(N(C)C)cc1)CC2. The first-order chi connectivity index (χ1) is 12.5. The highest BCUT2D eigenvalue weighted by Gasteiger charge is 2.25. The first-order valence-electron chi connectivity index (χ1n) is 8.77. The monoisotopic (exact) mass is 411 g/mol. The van der Waals surface area contributed by atoms with Crippen LogP contribution in [-0.4, -0.2) is 29.1 Å². The van der Waals surface area contributed by atoms with Crippen molar-refractivity contribution in [3.8, 4) is 11.3 Å². The van der Waals surface area contributed by atoms with Crippen molar-refractivity contribution in [2.75, 3.05) is 24.3 Å². The quantitative estimate of drug-likeness (QED) is 0.681. The van der Waals surface area contributed by atoms with E-state index in [0.717, 1.165) is 34.5 Å². The number of hydrogen-bond acceptors (Lipinski definition) is 4. The maximum absolute atomic E-state index is 4.33. The first kappa shape index (κ1) is 17.1. The molecule has 1 N–H and O–H groups in total. The molecule has 0 fully saturated rings. The maximum Gasteiger partial charge on any atom is 0.0918 e. The number of aryl methyl sites for hydroxylation is 2. The standard InChI is InChI=1S/C20H22BrN5/c1-13-20-17-9-4-14(21)12-18(17)19(10-11-26(20)24-23-13)22-15-5-7-16(8-6-15)25(2)3/h4-9,12,19,22H,10-11H2,1-3H3. The van der Waals surface area contributed by atoms with Crippen LogP contribution in [0.1, 0.15) is 23.7 Å². The van der Waals surface area contributed by atoms with Crippen molar-refractivity contribution in [1.29, 1.82) is 0 Å². The van der Waals surface area contributed by atoms with Gasteiger partial charge in [-0.1, -0.05) is 27.2 Å². The van der Waals surface area contributed by atoms with E-state index in [9.17, 15) is 0 Å². The zero-order valence-electron chi connectivity index (χ0n) is 15.2. The topological polar surface area (TPSA) is 46.0 Å². The van der Waals surface area contributed by atoms with E-state index in [1.807, 2.05) is 11.6 Å². The second-order valence-electron chi connectivity index (χ2n) is 6.91. The van der Waals surface area contributed by atoms with Gasteiger partial charge in [-0.15, -0.1) is 5.10 Å². The van der Waals surface area contributed by atoms with Crippen LogP contribution in [-0.2, 0) is 6.54 Å². The van der Waals surface area contributed by atoms with Crippen LogP contribution < -0.4 is 10.2 Å². The van der Waals surface area contributed by atoms with Gasteiger partial charge in [0.25, 0.3) is 0 Å². The molecule has 134 valence electrons. The molecule has 0 radical (unpaired) electrons. The predicted octanol–water partition coefficient (Wildman–Crippen LogP) is 4.64. The molecule has 1 aliphatic heterocycles. The summed E-state index contributed by atoms with van der Waals surface area (Å²) >= 11 is 3.63. The Hall–Kier alpha value is -2.34. The van der Waals surface area contributed by atoms with Gasteiger partial charge in [-0.2, -0.15) is 0 Å². The molecule has 0 amide bonds. The van der Waals surface area contributed by atoms with Gasteiger partial charge in [0.1, 0.15) is 0 Å². The van der Waals surface area contributed by atoms with Crippen LogP contribution in [0.3, 0.4) is 0 Å². The Morgan fingerprint density at radius 3 is 2.65 bits per heavy atom. The number of hydrogen-bond donors (Lipinski definition) is 1. The lowest BCUT2D eigenvalue weighted by molar-refractivity contribution is 0.539. The number of fused-ring (bicyclic) bond motifs is 3. The van der Waals surface area contributed by atoms with Gasteiger partial charge < -0.3 is 10.2 Å². The molecule has 1 aromatic heterocycles. The Labute approximate surface area is 162 Å². The summed E-state index contributed by atoms with van der Waals surface area (Å²) in [7, 11) is 4.11. The van der Waals surface area contributed by atoms with E-state index in [2.05, 4.69) is 93.0 Å². The Bertz CT molecular complexity index is 930. The summed E-state index contributed by atoms with van der Waals surface area (Å²) in [6.07, 6.45) is 0.953. The molecule has 5 nitrogen and oxygen atoms in total. The van der Waals surface area contributed by atoms with Crippen molar-refractivity contribution in [3.05, 3.63) is 58.2 Å². The van der Waals surface area contributed by atoms with Crippen LogP contribution in [0.15, 0.2) is 46.9 Å². The van der Waals surface area contributed by atoms with Gasteiger partial charge in [0, 0.05) is 42.1 Å². The third-order valence-corrected chi connectivity index (χ3v) is 5.40. The van der Waals surface area contributed by atoms with E-state index in [0.29, 0.717) is 0 Å². The largest absolute Gasteiger partial charge is 0.378 e. The number of benzene rings is 2. The Kier molecular flexibility index (Phi) is 4.44. The van der Waals surface area contributed by atoms with Gasteiger partial charge in [-0.05, 0) is 55.3 Å². The summed E-state index contributed by atoms with van der Waals surface area (Å²) in [6.45, 7) is 2.87. The van der Waals surface area contributed by atoms with Gasteiger partial charge in [-0.3, -0.25) is 0 Å². The molecule has 3 aromatic rings. The molecule has 4 rings (SSSR count). The third kappa shape index (κ3) is 3.09. The normalized spacial score (nSPS) is 15.8. The maximum atomic E-state index is 4.33. The second kappa shape index (κ2) is 6.76. The summed E-state index contributed by atoms with van der Waals surface area (Å²) in [4.78, 5) is 2.11. The van der Waals surface area contributed by atoms with E-state index >= 15 is 0 Å². The molecule has 0 saturated carbocycles. The molecule has 0 spiro atoms. The Morgan fingerprint density at radius 1 is 1.15 bits per heavy atom. The Morgan fingerprint density at radius 2 is 1.92 bits per heavy atom. The average molecular weight is 412 g/mol. The molecule has 0 saturated heterocycles. The zero-order chi connectivity index (χ0) is 18.3. The number of rotatable bonds is 3. The summed E-state index contributed by atoms with van der Waals surface area (Å²) in [5.74, 6) is 0. The zero-order valence-corrected chi connectivity index (χ0v) is 16.8. The van der Waals surface area contributed by atoms with Gasteiger partial charge in [0.2, 0.25) is 0 Å². The van der Waals surface area contributed by atoms with E-state index in [1.54, 1.807) is 0 Å². The number of nitrogens with zero attached hydrogens (tertiary/aromatic N) is 4. The minimum Gasteiger partial charge on any atom is -0.378 e. The molecule has 0 aliphatic carbocycles. The molecule has 2 heterocycles.